The Labute approximate surface area is 215 Å². The van der Waals surface area contributed by atoms with E-state index < -0.39 is 0 Å². The smallest absolute Gasteiger partial charge is 0.247 e. The summed E-state index contributed by atoms with van der Waals surface area (Å²) in [6.07, 6.45) is 4.73. The molecule has 37 heavy (non-hydrogen) atoms. The number of likely N-dealkylation sites (N-methyl/N-ethyl adjacent to an activating group) is 2. The molecule has 10 heteroatoms. The number of amides is 1. The summed E-state index contributed by atoms with van der Waals surface area (Å²) in [7, 11) is 7.53. The largest absolute Gasteiger partial charge is 0.494 e. The van der Waals surface area contributed by atoms with Gasteiger partial charge in [0.25, 0.3) is 0 Å². The Balaban J connectivity index is 1.72. The molecular formula is C27H30FN7O2. The van der Waals surface area contributed by atoms with Gasteiger partial charge in [0.05, 0.1) is 24.2 Å². The second-order valence-corrected chi connectivity index (χ2v) is 8.75. The first-order valence-corrected chi connectivity index (χ1v) is 11.7. The van der Waals surface area contributed by atoms with Crippen molar-refractivity contribution in [2.45, 2.75) is 0 Å². The van der Waals surface area contributed by atoms with E-state index in [1.54, 1.807) is 36.1 Å². The molecule has 0 saturated heterocycles. The molecule has 0 atom stereocenters. The van der Waals surface area contributed by atoms with Crippen LogP contribution in [0.25, 0.3) is 16.7 Å². The predicted octanol–water partition coefficient (Wildman–Crippen LogP) is 4.43. The van der Waals surface area contributed by atoms with E-state index in [0.717, 1.165) is 24.2 Å². The molecule has 0 aliphatic carbocycles. The number of hydrogen-bond acceptors (Lipinski definition) is 7. The van der Waals surface area contributed by atoms with E-state index in [1.807, 2.05) is 44.4 Å². The molecule has 1 amide bonds. The maximum absolute atomic E-state index is 13.8. The van der Waals surface area contributed by atoms with E-state index in [0.29, 0.717) is 34.4 Å². The van der Waals surface area contributed by atoms with Gasteiger partial charge in [-0.1, -0.05) is 12.6 Å². The minimum Gasteiger partial charge on any atom is -0.494 e. The van der Waals surface area contributed by atoms with Gasteiger partial charge in [0.15, 0.2) is 0 Å². The molecule has 2 heterocycles. The molecule has 192 valence electrons. The molecule has 0 bridgehead atoms. The highest BCUT2D eigenvalue weighted by Gasteiger charge is 2.17. The topological polar surface area (TPSA) is 87.5 Å². The summed E-state index contributed by atoms with van der Waals surface area (Å²) in [6.45, 7) is 5.12. The Morgan fingerprint density at radius 2 is 1.97 bits per heavy atom. The molecule has 0 fully saturated rings. The number of halogens is 1. The van der Waals surface area contributed by atoms with E-state index in [4.69, 9.17) is 4.74 Å². The van der Waals surface area contributed by atoms with Gasteiger partial charge < -0.3 is 29.7 Å². The van der Waals surface area contributed by atoms with Crippen LogP contribution in [0.1, 0.15) is 0 Å². The minimum absolute atomic E-state index is 0.317. The lowest BCUT2D eigenvalue weighted by atomic mass is 10.2. The fourth-order valence-corrected chi connectivity index (χ4v) is 3.84. The third-order valence-corrected chi connectivity index (χ3v) is 5.82. The highest BCUT2D eigenvalue weighted by atomic mass is 19.1. The number of carbonyl (C=O) groups is 1. The van der Waals surface area contributed by atoms with Crippen molar-refractivity contribution in [2.75, 3.05) is 56.9 Å². The van der Waals surface area contributed by atoms with Gasteiger partial charge in [-0.25, -0.2) is 9.37 Å². The molecule has 2 aromatic carbocycles. The minimum atomic E-state index is -0.332. The van der Waals surface area contributed by atoms with Crippen molar-refractivity contribution in [3.63, 3.8) is 0 Å². The van der Waals surface area contributed by atoms with Gasteiger partial charge in [0.1, 0.15) is 17.2 Å². The SMILES string of the molecule is C=CC(=O)Nc1cc(Nc2ncc3ccn(-c4cccc(F)c4)c3n2)c(OC)cc1N(C)CCN(C)C. The quantitative estimate of drug-likeness (QED) is 0.310. The summed E-state index contributed by atoms with van der Waals surface area (Å²) in [5, 5.41) is 6.89. The van der Waals surface area contributed by atoms with Crippen LogP contribution in [0.15, 0.2) is 67.5 Å². The first kappa shape index (κ1) is 25.6. The molecule has 0 aliphatic rings. The molecular weight excluding hydrogens is 473 g/mol. The van der Waals surface area contributed by atoms with Crippen LogP contribution in [-0.2, 0) is 4.79 Å². The standard InChI is InChI=1S/C27H30FN7O2/c1-6-25(36)30-21-15-22(24(37-5)16-23(21)34(4)13-12-33(2)3)31-27-29-17-18-10-11-35(26(18)32-27)20-9-7-8-19(28)14-20/h6-11,14-17H,1,12-13H2,2-5H3,(H,30,36)(H,29,31,32). The summed E-state index contributed by atoms with van der Waals surface area (Å²) < 4.78 is 21.3. The summed E-state index contributed by atoms with van der Waals surface area (Å²) >= 11 is 0. The summed E-state index contributed by atoms with van der Waals surface area (Å²) in [4.78, 5) is 25.4. The van der Waals surface area contributed by atoms with Crippen molar-refractivity contribution < 1.29 is 13.9 Å². The number of anilines is 4. The number of nitrogens with one attached hydrogen (secondary N) is 2. The molecule has 9 nitrogen and oxygen atoms in total. The zero-order valence-electron chi connectivity index (χ0n) is 21.3. The molecule has 4 aromatic rings. The van der Waals surface area contributed by atoms with Crippen LogP contribution in [0.4, 0.5) is 27.4 Å². The van der Waals surface area contributed by atoms with Crippen LogP contribution in [0.5, 0.6) is 5.75 Å². The number of fused-ring (bicyclic) bond motifs is 1. The number of hydrogen-bond donors (Lipinski definition) is 2. The van der Waals surface area contributed by atoms with Crippen molar-refractivity contribution in [3.8, 4) is 11.4 Å². The maximum atomic E-state index is 13.8. The summed E-state index contributed by atoms with van der Waals surface area (Å²) in [6, 6.07) is 11.8. The van der Waals surface area contributed by atoms with Crippen LogP contribution in [0.2, 0.25) is 0 Å². The van der Waals surface area contributed by atoms with Crippen LogP contribution in [0.3, 0.4) is 0 Å². The second-order valence-electron chi connectivity index (χ2n) is 8.75. The number of carbonyl (C=O) groups excluding carboxylic acids is 1. The third-order valence-electron chi connectivity index (χ3n) is 5.82. The van der Waals surface area contributed by atoms with Gasteiger partial charge in [0, 0.05) is 49.7 Å². The number of aromatic nitrogens is 3. The number of methoxy groups -OCH3 is 1. The van der Waals surface area contributed by atoms with E-state index in [2.05, 4.69) is 32.1 Å². The lowest BCUT2D eigenvalue weighted by molar-refractivity contribution is -0.111. The number of rotatable bonds is 10. The zero-order chi connectivity index (χ0) is 26.5. The molecule has 0 radical (unpaired) electrons. The molecule has 0 aliphatic heterocycles. The fourth-order valence-electron chi connectivity index (χ4n) is 3.84. The average molecular weight is 504 g/mol. The highest BCUT2D eigenvalue weighted by molar-refractivity contribution is 6.02. The number of benzene rings is 2. The van der Waals surface area contributed by atoms with Gasteiger partial charge in [-0.2, -0.15) is 4.98 Å². The molecule has 4 rings (SSSR count). The number of ether oxygens (including phenoxy) is 1. The lowest BCUT2D eigenvalue weighted by Gasteiger charge is -2.26. The second kappa shape index (κ2) is 11.1. The average Bonchev–Trinajstić information content (AvgIpc) is 3.30. The molecule has 0 spiro atoms. The van der Waals surface area contributed by atoms with Crippen LogP contribution in [-0.4, -0.2) is 66.7 Å². The normalized spacial score (nSPS) is 11.0. The lowest BCUT2D eigenvalue weighted by Crippen LogP contribution is -2.29. The van der Waals surface area contributed by atoms with Gasteiger partial charge in [-0.15, -0.1) is 0 Å². The third kappa shape index (κ3) is 5.87. The molecule has 2 N–H and O–H groups in total. The van der Waals surface area contributed by atoms with Gasteiger partial charge in [-0.05, 0) is 50.5 Å². The Morgan fingerprint density at radius 1 is 1.16 bits per heavy atom. The summed E-state index contributed by atoms with van der Waals surface area (Å²) in [5.74, 6) is 0.203. The summed E-state index contributed by atoms with van der Waals surface area (Å²) in [5.41, 5.74) is 3.20. The maximum Gasteiger partial charge on any atom is 0.247 e. The van der Waals surface area contributed by atoms with E-state index >= 15 is 0 Å². The van der Waals surface area contributed by atoms with E-state index in [1.165, 1.54) is 18.2 Å². The fraction of sp³-hybridized carbons (Fsp3) is 0.222. The van der Waals surface area contributed by atoms with Crippen molar-refractivity contribution in [3.05, 3.63) is 73.3 Å². The Morgan fingerprint density at radius 3 is 2.68 bits per heavy atom. The van der Waals surface area contributed by atoms with Crippen molar-refractivity contribution in [1.82, 2.24) is 19.4 Å². The first-order chi connectivity index (χ1) is 17.8. The van der Waals surface area contributed by atoms with Crippen LogP contribution < -0.4 is 20.3 Å². The Hall–Kier alpha value is -4.44. The molecule has 0 unspecified atom stereocenters. The molecule has 2 aromatic heterocycles. The van der Waals surface area contributed by atoms with E-state index in [9.17, 15) is 9.18 Å². The van der Waals surface area contributed by atoms with Crippen LogP contribution in [0, 0.1) is 5.82 Å². The van der Waals surface area contributed by atoms with E-state index in [-0.39, 0.29) is 11.7 Å². The molecule has 0 saturated carbocycles. The van der Waals surface area contributed by atoms with Gasteiger partial charge in [0.2, 0.25) is 11.9 Å². The van der Waals surface area contributed by atoms with Gasteiger partial charge >= 0.3 is 0 Å². The Bertz CT molecular complexity index is 1430. The van der Waals surface area contributed by atoms with Crippen molar-refractivity contribution in [2.24, 2.45) is 0 Å². The van der Waals surface area contributed by atoms with Gasteiger partial charge in [-0.3, -0.25) is 4.79 Å². The first-order valence-electron chi connectivity index (χ1n) is 11.7. The Kier molecular flexibility index (Phi) is 7.69. The van der Waals surface area contributed by atoms with Crippen LogP contribution >= 0.6 is 0 Å². The predicted molar refractivity (Wildman–Crippen MR) is 146 cm³/mol. The zero-order valence-corrected chi connectivity index (χ0v) is 21.3. The van der Waals surface area contributed by atoms with Crippen molar-refractivity contribution in [1.29, 1.82) is 0 Å². The highest BCUT2D eigenvalue weighted by Crippen LogP contribution is 2.38. The monoisotopic (exact) mass is 503 g/mol. The number of nitrogens with zero attached hydrogens (tertiary/aromatic N) is 5. The van der Waals surface area contributed by atoms with Crippen molar-refractivity contribution >= 4 is 40.0 Å².